The van der Waals surface area contributed by atoms with Gasteiger partial charge in [-0.2, -0.15) is 0 Å². The van der Waals surface area contributed by atoms with Gasteiger partial charge in [-0.05, 0) is 18.4 Å². The Morgan fingerprint density at radius 1 is 1.44 bits per heavy atom. The van der Waals surface area contributed by atoms with Crippen molar-refractivity contribution in [2.45, 2.75) is 12.8 Å². The molecule has 18 heavy (non-hydrogen) atoms. The molecule has 1 aliphatic rings. The number of hydrogen-bond donors (Lipinski definition) is 0. The highest BCUT2D eigenvalue weighted by Crippen LogP contribution is 2.32. The van der Waals surface area contributed by atoms with Crippen LogP contribution in [0.25, 0.3) is 0 Å². The van der Waals surface area contributed by atoms with Gasteiger partial charge in [0.1, 0.15) is 5.21 Å². The summed E-state index contributed by atoms with van der Waals surface area (Å²) in [7, 11) is -3.60. The van der Waals surface area contributed by atoms with E-state index in [1.54, 1.807) is 6.07 Å². The van der Waals surface area contributed by atoms with Crippen LogP contribution in [0.3, 0.4) is 0 Å². The molecule has 0 saturated carbocycles. The zero-order valence-electron chi connectivity index (χ0n) is 9.37. The maximum atomic E-state index is 11.8. The Labute approximate surface area is 109 Å². The van der Waals surface area contributed by atoms with E-state index >= 15 is 0 Å². The standard InChI is InChI=1S/C10H11ClN2O4S/c11-7-18(16,17)12-5-1-2-8-3-4-9(13(14)15)6-10(8)12/h3-4,6H,1-2,5,7H2. The molecule has 0 aliphatic carbocycles. The van der Waals surface area contributed by atoms with Gasteiger partial charge in [-0.15, -0.1) is 11.6 Å². The van der Waals surface area contributed by atoms with E-state index in [0.717, 1.165) is 9.87 Å². The summed E-state index contributed by atoms with van der Waals surface area (Å²) in [5, 5.41) is 10.2. The molecule has 0 bridgehead atoms. The molecule has 98 valence electrons. The molecule has 1 heterocycles. The highest BCUT2D eigenvalue weighted by molar-refractivity contribution is 7.93. The van der Waals surface area contributed by atoms with Gasteiger partial charge in [0.05, 0.1) is 10.6 Å². The van der Waals surface area contributed by atoms with E-state index < -0.39 is 20.2 Å². The van der Waals surface area contributed by atoms with E-state index in [1.807, 2.05) is 0 Å². The first kappa shape index (κ1) is 13.1. The molecule has 6 nitrogen and oxygen atoms in total. The second-order valence-electron chi connectivity index (χ2n) is 3.97. The lowest BCUT2D eigenvalue weighted by Crippen LogP contribution is -2.36. The number of non-ortho nitro benzene ring substituents is 1. The number of benzene rings is 1. The topological polar surface area (TPSA) is 80.5 Å². The highest BCUT2D eigenvalue weighted by atomic mass is 35.5. The Balaban J connectivity index is 2.54. The van der Waals surface area contributed by atoms with Crippen LogP contribution in [0.15, 0.2) is 18.2 Å². The molecular formula is C10H11ClN2O4S. The summed E-state index contributed by atoms with van der Waals surface area (Å²) in [5.41, 5.74) is 1.04. The van der Waals surface area contributed by atoms with Gasteiger partial charge in [0, 0.05) is 18.7 Å². The molecule has 0 N–H and O–H groups in total. The Kier molecular flexibility index (Phi) is 3.45. The van der Waals surface area contributed by atoms with Gasteiger partial charge in [0.25, 0.3) is 5.69 Å². The Hall–Kier alpha value is -1.34. The number of rotatable bonds is 3. The second kappa shape index (κ2) is 4.74. The maximum Gasteiger partial charge on any atom is 0.271 e. The van der Waals surface area contributed by atoms with E-state index in [-0.39, 0.29) is 5.69 Å². The van der Waals surface area contributed by atoms with Crippen LogP contribution >= 0.6 is 11.6 Å². The summed E-state index contributed by atoms with van der Waals surface area (Å²) < 4.78 is 24.8. The van der Waals surface area contributed by atoms with Gasteiger partial charge < -0.3 is 0 Å². The van der Waals surface area contributed by atoms with Crippen molar-refractivity contribution in [2.24, 2.45) is 0 Å². The third-order valence-corrected chi connectivity index (χ3v) is 4.98. The lowest BCUT2D eigenvalue weighted by molar-refractivity contribution is -0.384. The predicted molar refractivity (Wildman–Crippen MR) is 68.4 cm³/mol. The predicted octanol–water partition coefficient (Wildman–Crippen LogP) is 1.87. The van der Waals surface area contributed by atoms with Gasteiger partial charge >= 0.3 is 0 Å². The zero-order chi connectivity index (χ0) is 13.3. The highest BCUT2D eigenvalue weighted by Gasteiger charge is 2.28. The van der Waals surface area contributed by atoms with Crippen LogP contribution in [0.2, 0.25) is 0 Å². The quantitative estimate of drug-likeness (QED) is 0.483. The van der Waals surface area contributed by atoms with E-state index in [0.29, 0.717) is 25.1 Å². The average molecular weight is 291 g/mol. The van der Waals surface area contributed by atoms with Crippen LogP contribution in [0, 0.1) is 10.1 Å². The van der Waals surface area contributed by atoms with Crippen molar-refractivity contribution in [2.75, 3.05) is 16.1 Å². The number of aryl methyl sites for hydroxylation is 1. The monoisotopic (exact) mass is 290 g/mol. The third-order valence-electron chi connectivity index (χ3n) is 2.83. The molecule has 0 unspecified atom stereocenters. The first-order valence-corrected chi connectivity index (χ1v) is 7.44. The molecule has 1 aromatic carbocycles. The van der Waals surface area contributed by atoms with E-state index in [1.165, 1.54) is 12.1 Å². The molecule has 1 aromatic rings. The van der Waals surface area contributed by atoms with E-state index in [4.69, 9.17) is 11.6 Å². The molecule has 0 spiro atoms. The van der Waals surface area contributed by atoms with Crippen LogP contribution in [0.4, 0.5) is 11.4 Å². The van der Waals surface area contributed by atoms with Crippen molar-refractivity contribution in [1.82, 2.24) is 0 Å². The Morgan fingerprint density at radius 2 is 2.17 bits per heavy atom. The van der Waals surface area contributed by atoms with Crippen LogP contribution < -0.4 is 4.31 Å². The summed E-state index contributed by atoms with van der Waals surface area (Å²) in [5.74, 6) is 0. The minimum atomic E-state index is -3.60. The third kappa shape index (κ3) is 2.28. The number of sulfonamides is 1. The molecule has 0 atom stereocenters. The van der Waals surface area contributed by atoms with Crippen LogP contribution in [-0.2, 0) is 16.4 Å². The van der Waals surface area contributed by atoms with Gasteiger partial charge in [-0.1, -0.05) is 6.07 Å². The van der Waals surface area contributed by atoms with Crippen LogP contribution in [-0.4, -0.2) is 25.1 Å². The number of halogens is 1. The molecule has 0 radical (unpaired) electrons. The molecule has 0 saturated heterocycles. The fourth-order valence-electron chi connectivity index (χ4n) is 1.99. The van der Waals surface area contributed by atoms with Gasteiger partial charge in [-0.3, -0.25) is 14.4 Å². The molecule has 8 heteroatoms. The molecule has 1 aliphatic heterocycles. The van der Waals surface area contributed by atoms with Crippen molar-refractivity contribution < 1.29 is 13.3 Å². The molecular weight excluding hydrogens is 280 g/mol. The molecule has 0 amide bonds. The SMILES string of the molecule is O=[N+]([O-])c1ccc2c(c1)N(S(=O)(=O)CCl)CCC2. The Morgan fingerprint density at radius 3 is 2.78 bits per heavy atom. The largest absolute Gasteiger partial charge is 0.271 e. The van der Waals surface area contributed by atoms with E-state index in [9.17, 15) is 18.5 Å². The van der Waals surface area contributed by atoms with Crippen molar-refractivity contribution in [3.63, 3.8) is 0 Å². The van der Waals surface area contributed by atoms with Crippen molar-refractivity contribution in [1.29, 1.82) is 0 Å². The summed E-state index contributed by atoms with van der Waals surface area (Å²) in [4.78, 5) is 10.2. The molecule has 2 rings (SSSR count). The summed E-state index contributed by atoms with van der Waals surface area (Å²) in [6.07, 6.45) is 1.39. The second-order valence-corrected chi connectivity index (χ2v) is 6.44. The summed E-state index contributed by atoms with van der Waals surface area (Å²) >= 11 is 5.43. The number of nitrogens with zero attached hydrogens (tertiary/aromatic N) is 2. The number of nitro benzene ring substituents is 1. The van der Waals surface area contributed by atoms with Gasteiger partial charge in [0.2, 0.25) is 10.0 Å². The van der Waals surface area contributed by atoms with Crippen LogP contribution in [0.1, 0.15) is 12.0 Å². The van der Waals surface area contributed by atoms with Gasteiger partial charge in [0.15, 0.2) is 0 Å². The maximum absolute atomic E-state index is 11.8. The van der Waals surface area contributed by atoms with Crippen molar-refractivity contribution in [3.05, 3.63) is 33.9 Å². The lowest BCUT2D eigenvalue weighted by Gasteiger charge is -2.29. The minimum absolute atomic E-state index is 0.120. The fourth-order valence-corrected chi connectivity index (χ4v) is 3.34. The zero-order valence-corrected chi connectivity index (χ0v) is 10.9. The number of hydrogen-bond acceptors (Lipinski definition) is 4. The fraction of sp³-hybridized carbons (Fsp3) is 0.400. The number of anilines is 1. The summed E-state index contributed by atoms with van der Waals surface area (Å²) in [6, 6.07) is 4.28. The van der Waals surface area contributed by atoms with Gasteiger partial charge in [-0.25, -0.2) is 8.42 Å². The number of alkyl halides is 1. The number of fused-ring (bicyclic) bond motifs is 1. The van der Waals surface area contributed by atoms with E-state index in [2.05, 4.69) is 0 Å². The van der Waals surface area contributed by atoms with Crippen LogP contribution in [0.5, 0.6) is 0 Å². The number of nitro groups is 1. The Bertz CT molecular complexity index is 588. The van der Waals surface area contributed by atoms with Crippen molar-refractivity contribution >= 4 is 33.0 Å². The molecule has 0 fully saturated rings. The lowest BCUT2D eigenvalue weighted by atomic mass is 10.0. The average Bonchev–Trinajstić information content (AvgIpc) is 2.37. The van der Waals surface area contributed by atoms with Crippen molar-refractivity contribution in [3.8, 4) is 0 Å². The smallest absolute Gasteiger partial charge is 0.269 e. The molecule has 0 aromatic heterocycles. The minimum Gasteiger partial charge on any atom is -0.269 e. The first-order valence-electron chi connectivity index (χ1n) is 5.29. The summed E-state index contributed by atoms with van der Waals surface area (Å²) in [6.45, 7) is 0.309. The first-order chi connectivity index (χ1) is 8.45. The normalized spacial score (nSPS) is 15.3.